The molecule has 3 aromatic carbocycles. The SMILES string of the molecule is COc1ccc(CNC(=O)/C(C#N)=C/c2ccc(OCc3ccccc3Cl)c(Cl)c2)c(OC)c1. The summed E-state index contributed by atoms with van der Waals surface area (Å²) in [6.07, 6.45) is 1.46. The average Bonchev–Trinajstić information content (AvgIpc) is 2.86. The monoisotopic (exact) mass is 496 g/mol. The van der Waals surface area contributed by atoms with Crippen LogP contribution in [0.25, 0.3) is 6.08 Å². The summed E-state index contributed by atoms with van der Waals surface area (Å²) < 4.78 is 16.3. The minimum Gasteiger partial charge on any atom is -0.497 e. The lowest BCUT2D eigenvalue weighted by atomic mass is 10.1. The molecule has 0 atom stereocenters. The molecule has 0 aromatic heterocycles. The number of halogens is 2. The molecule has 8 heteroatoms. The van der Waals surface area contributed by atoms with Crippen LogP contribution in [0.4, 0.5) is 0 Å². The molecule has 6 nitrogen and oxygen atoms in total. The van der Waals surface area contributed by atoms with E-state index in [9.17, 15) is 10.1 Å². The van der Waals surface area contributed by atoms with Gasteiger partial charge in [-0.1, -0.05) is 47.5 Å². The van der Waals surface area contributed by atoms with Gasteiger partial charge in [-0.2, -0.15) is 5.26 Å². The van der Waals surface area contributed by atoms with Crippen molar-refractivity contribution in [2.75, 3.05) is 14.2 Å². The summed E-state index contributed by atoms with van der Waals surface area (Å²) >= 11 is 12.5. The summed E-state index contributed by atoms with van der Waals surface area (Å²) in [6.45, 7) is 0.440. The van der Waals surface area contributed by atoms with Gasteiger partial charge in [-0.05, 0) is 42.0 Å². The molecule has 1 amide bonds. The van der Waals surface area contributed by atoms with Crippen LogP contribution >= 0.6 is 23.2 Å². The summed E-state index contributed by atoms with van der Waals surface area (Å²) in [5.74, 6) is 1.16. The number of methoxy groups -OCH3 is 2. The predicted molar refractivity (Wildman–Crippen MR) is 132 cm³/mol. The summed E-state index contributed by atoms with van der Waals surface area (Å²) in [4.78, 5) is 12.6. The Morgan fingerprint density at radius 1 is 0.971 bits per heavy atom. The van der Waals surface area contributed by atoms with Gasteiger partial charge in [0.1, 0.15) is 35.5 Å². The number of amides is 1. The number of nitrogens with one attached hydrogen (secondary N) is 1. The molecular formula is C26H22Cl2N2O4. The van der Waals surface area contributed by atoms with E-state index in [4.69, 9.17) is 37.4 Å². The van der Waals surface area contributed by atoms with E-state index in [-0.39, 0.29) is 18.7 Å². The number of carbonyl (C=O) groups excluding carboxylic acids is 1. The van der Waals surface area contributed by atoms with Crippen LogP contribution in [0.1, 0.15) is 16.7 Å². The van der Waals surface area contributed by atoms with Gasteiger partial charge in [0, 0.05) is 28.8 Å². The second-order valence-electron chi connectivity index (χ2n) is 7.10. The van der Waals surface area contributed by atoms with Crippen LogP contribution < -0.4 is 19.5 Å². The molecule has 0 aliphatic rings. The topological polar surface area (TPSA) is 80.6 Å². The molecule has 3 aromatic rings. The molecule has 0 unspecified atom stereocenters. The molecule has 0 saturated carbocycles. The molecular weight excluding hydrogens is 475 g/mol. The van der Waals surface area contributed by atoms with E-state index in [1.54, 1.807) is 49.6 Å². The van der Waals surface area contributed by atoms with Crippen LogP contribution in [0.5, 0.6) is 17.2 Å². The van der Waals surface area contributed by atoms with Gasteiger partial charge in [-0.25, -0.2) is 0 Å². The van der Waals surface area contributed by atoms with Gasteiger partial charge in [0.25, 0.3) is 5.91 Å². The van der Waals surface area contributed by atoms with Crippen molar-refractivity contribution in [1.82, 2.24) is 5.32 Å². The molecule has 0 aliphatic heterocycles. The van der Waals surface area contributed by atoms with Crippen molar-refractivity contribution in [3.63, 3.8) is 0 Å². The Morgan fingerprint density at radius 3 is 2.44 bits per heavy atom. The van der Waals surface area contributed by atoms with Crippen LogP contribution in [0, 0.1) is 11.3 Å². The standard InChI is InChI=1S/C26H22Cl2N2O4/c1-32-21-9-8-18(25(13-21)33-2)15-30-26(31)20(14-29)11-17-7-10-24(23(28)12-17)34-16-19-5-3-4-6-22(19)27/h3-13H,15-16H2,1-2H3,(H,30,31)/b20-11+. The molecule has 34 heavy (non-hydrogen) atoms. The van der Waals surface area contributed by atoms with Crippen molar-refractivity contribution in [2.45, 2.75) is 13.2 Å². The smallest absolute Gasteiger partial charge is 0.262 e. The lowest BCUT2D eigenvalue weighted by molar-refractivity contribution is -0.117. The highest BCUT2D eigenvalue weighted by molar-refractivity contribution is 6.32. The molecule has 0 spiro atoms. The van der Waals surface area contributed by atoms with Crippen molar-refractivity contribution in [3.8, 4) is 23.3 Å². The first-order valence-electron chi connectivity index (χ1n) is 10.2. The van der Waals surface area contributed by atoms with Gasteiger partial charge in [0.2, 0.25) is 0 Å². The van der Waals surface area contributed by atoms with Gasteiger partial charge in [-0.15, -0.1) is 0 Å². The fourth-order valence-corrected chi connectivity index (χ4v) is 3.51. The number of hydrogen-bond donors (Lipinski definition) is 1. The van der Waals surface area contributed by atoms with Crippen molar-refractivity contribution >= 4 is 35.2 Å². The van der Waals surface area contributed by atoms with E-state index in [2.05, 4.69) is 5.32 Å². The molecule has 0 bridgehead atoms. The van der Waals surface area contributed by atoms with Crippen LogP contribution in [-0.4, -0.2) is 20.1 Å². The van der Waals surface area contributed by atoms with E-state index in [1.165, 1.54) is 13.2 Å². The molecule has 0 fully saturated rings. The zero-order valence-corrected chi connectivity index (χ0v) is 20.1. The van der Waals surface area contributed by atoms with E-state index in [0.29, 0.717) is 32.9 Å². The Hall–Kier alpha value is -3.66. The minimum atomic E-state index is -0.518. The molecule has 0 heterocycles. The normalized spacial score (nSPS) is 10.9. The molecule has 0 saturated heterocycles. The van der Waals surface area contributed by atoms with Crippen LogP contribution in [0.3, 0.4) is 0 Å². The second kappa shape index (κ2) is 12.0. The van der Waals surface area contributed by atoms with Gasteiger partial charge in [-0.3, -0.25) is 4.79 Å². The Kier molecular flexibility index (Phi) is 8.80. The van der Waals surface area contributed by atoms with Crippen molar-refractivity contribution < 1.29 is 19.0 Å². The third-order valence-corrected chi connectivity index (χ3v) is 5.57. The lowest BCUT2D eigenvalue weighted by Gasteiger charge is -2.11. The summed E-state index contributed by atoms with van der Waals surface area (Å²) in [5, 5.41) is 13.2. The number of ether oxygens (including phenoxy) is 3. The zero-order valence-electron chi connectivity index (χ0n) is 18.6. The maximum Gasteiger partial charge on any atom is 0.262 e. The number of benzene rings is 3. The minimum absolute atomic E-state index is 0.0618. The second-order valence-corrected chi connectivity index (χ2v) is 7.91. The fourth-order valence-electron chi connectivity index (χ4n) is 3.08. The first-order valence-corrected chi connectivity index (χ1v) is 11.0. The highest BCUT2D eigenvalue weighted by atomic mass is 35.5. The highest BCUT2D eigenvalue weighted by Gasteiger charge is 2.12. The quantitative estimate of drug-likeness (QED) is 0.298. The summed E-state index contributed by atoms with van der Waals surface area (Å²) in [6, 6.07) is 19.6. The molecule has 0 aliphatic carbocycles. The molecule has 0 radical (unpaired) electrons. The van der Waals surface area contributed by atoms with E-state index >= 15 is 0 Å². The number of hydrogen-bond acceptors (Lipinski definition) is 5. The van der Waals surface area contributed by atoms with Gasteiger partial charge >= 0.3 is 0 Å². The Labute approximate surface area is 208 Å². The van der Waals surface area contributed by atoms with Crippen molar-refractivity contribution in [2.24, 2.45) is 0 Å². The summed E-state index contributed by atoms with van der Waals surface area (Å²) in [7, 11) is 3.09. The first-order chi connectivity index (χ1) is 16.4. The van der Waals surface area contributed by atoms with Gasteiger partial charge in [0.05, 0.1) is 19.2 Å². The number of nitrogens with zero attached hydrogens (tertiary/aromatic N) is 1. The van der Waals surface area contributed by atoms with Gasteiger partial charge < -0.3 is 19.5 Å². The molecule has 1 N–H and O–H groups in total. The van der Waals surface area contributed by atoms with Crippen molar-refractivity contribution in [1.29, 1.82) is 5.26 Å². The molecule has 3 rings (SSSR count). The zero-order chi connectivity index (χ0) is 24.5. The third-order valence-electron chi connectivity index (χ3n) is 4.91. The third kappa shape index (κ3) is 6.44. The van der Waals surface area contributed by atoms with Crippen LogP contribution in [0.15, 0.2) is 66.2 Å². The van der Waals surface area contributed by atoms with E-state index in [0.717, 1.165) is 11.1 Å². The van der Waals surface area contributed by atoms with Crippen LogP contribution in [0.2, 0.25) is 10.0 Å². The molecule has 174 valence electrons. The Morgan fingerprint density at radius 2 is 1.76 bits per heavy atom. The van der Waals surface area contributed by atoms with Gasteiger partial charge in [0.15, 0.2) is 0 Å². The Bertz CT molecular complexity index is 1250. The maximum absolute atomic E-state index is 12.6. The predicted octanol–water partition coefficient (Wildman–Crippen LogP) is 5.81. The van der Waals surface area contributed by atoms with E-state index in [1.807, 2.05) is 24.3 Å². The number of nitriles is 1. The lowest BCUT2D eigenvalue weighted by Crippen LogP contribution is -2.24. The summed E-state index contributed by atoms with van der Waals surface area (Å²) in [5.41, 5.74) is 2.11. The fraction of sp³-hybridized carbons (Fsp3) is 0.154. The largest absolute Gasteiger partial charge is 0.497 e. The maximum atomic E-state index is 12.6. The average molecular weight is 497 g/mol. The van der Waals surface area contributed by atoms with E-state index < -0.39 is 5.91 Å². The number of rotatable bonds is 9. The Balaban J connectivity index is 1.67. The first kappa shape index (κ1) is 25.0. The van der Waals surface area contributed by atoms with Crippen molar-refractivity contribution in [3.05, 3.63) is 93.0 Å². The number of carbonyl (C=O) groups is 1. The van der Waals surface area contributed by atoms with Crippen LogP contribution in [-0.2, 0) is 17.9 Å². The highest BCUT2D eigenvalue weighted by Crippen LogP contribution is 2.28.